The van der Waals surface area contributed by atoms with E-state index in [1.54, 1.807) is 26.0 Å². The summed E-state index contributed by atoms with van der Waals surface area (Å²) in [6.45, 7) is 7.31. The highest BCUT2D eigenvalue weighted by molar-refractivity contribution is 7.99. The standard InChI is InChI=1S/C24H24ClF2NO4S/c1-5-31-24(30)15-7-6-8-18(20(15)26)33-23-14(4)28(11-19(29)32-12-13(2)3)22-16(23)9-10-17(25)21(22)27/h6-10,13H,5,11-12H2,1-4H3. The maximum Gasteiger partial charge on any atom is 0.341 e. The third-order valence-corrected chi connectivity index (χ3v) is 6.40. The topological polar surface area (TPSA) is 57.5 Å². The number of aromatic nitrogens is 1. The summed E-state index contributed by atoms with van der Waals surface area (Å²) in [5.74, 6) is -2.53. The van der Waals surface area contributed by atoms with E-state index in [1.165, 1.54) is 22.8 Å². The fraction of sp³-hybridized carbons (Fsp3) is 0.333. The Morgan fingerprint density at radius 3 is 2.52 bits per heavy atom. The monoisotopic (exact) mass is 495 g/mol. The van der Waals surface area contributed by atoms with Gasteiger partial charge in [0.25, 0.3) is 0 Å². The van der Waals surface area contributed by atoms with Gasteiger partial charge in [-0.25, -0.2) is 13.6 Å². The molecule has 0 unspecified atom stereocenters. The van der Waals surface area contributed by atoms with E-state index in [-0.39, 0.29) is 46.7 Å². The molecule has 5 nitrogen and oxygen atoms in total. The lowest BCUT2D eigenvalue weighted by molar-refractivity contribution is -0.145. The molecular weight excluding hydrogens is 472 g/mol. The van der Waals surface area contributed by atoms with E-state index in [0.29, 0.717) is 16.0 Å². The van der Waals surface area contributed by atoms with E-state index in [1.807, 2.05) is 13.8 Å². The molecule has 1 aromatic heterocycles. The molecule has 0 saturated carbocycles. The Hall–Kier alpha value is -2.58. The Bertz CT molecular complexity index is 1210. The summed E-state index contributed by atoms with van der Waals surface area (Å²) in [6, 6.07) is 7.45. The van der Waals surface area contributed by atoms with Gasteiger partial charge in [0.2, 0.25) is 0 Å². The average molecular weight is 496 g/mol. The highest BCUT2D eigenvalue weighted by Gasteiger charge is 2.24. The van der Waals surface area contributed by atoms with Crippen molar-refractivity contribution in [3.63, 3.8) is 0 Å². The number of esters is 2. The quantitative estimate of drug-likeness (QED) is 0.338. The smallest absolute Gasteiger partial charge is 0.341 e. The largest absolute Gasteiger partial charge is 0.464 e. The normalized spacial score (nSPS) is 11.3. The molecule has 3 aromatic rings. The molecule has 1 heterocycles. The van der Waals surface area contributed by atoms with Crippen molar-refractivity contribution in [2.75, 3.05) is 13.2 Å². The first-order valence-corrected chi connectivity index (χ1v) is 11.6. The second-order valence-electron chi connectivity index (χ2n) is 7.78. The lowest BCUT2D eigenvalue weighted by Gasteiger charge is -2.11. The maximum absolute atomic E-state index is 15.1. The Labute approximate surface area is 200 Å². The Morgan fingerprint density at radius 2 is 1.85 bits per heavy atom. The van der Waals surface area contributed by atoms with E-state index >= 15 is 8.78 Å². The van der Waals surface area contributed by atoms with Crippen LogP contribution < -0.4 is 0 Å². The second kappa shape index (κ2) is 10.6. The molecule has 0 fully saturated rings. The predicted molar refractivity (Wildman–Crippen MR) is 124 cm³/mol. The van der Waals surface area contributed by atoms with Crippen molar-refractivity contribution in [1.82, 2.24) is 4.57 Å². The predicted octanol–water partition coefficient (Wildman–Crippen LogP) is 6.41. The second-order valence-corrected chi connectivity index (χ2v) is 9.23. The molecular formula is C24H24ClF2NO4S. The average Bonchev–Trinajstić information content (AvgIpc) is 3.02. The zero-order valence-electron chi connectivity index (χ0n) is 18.7. The molecule has 0 aliphatic rings. The molecule has 0 amide bonds. The molecule has 0 aliphatic heterocycles. The summed E-state index contributed by atoms with van der Waals surface area (Å²) in [5.41, 5.74) is 0.485. The summed E-state index contributed by atoms with van der Waals surface area (Å²) in [6.07, 6.45) is 0. The zero-order valence-corrected chi connectivity index (χ0v) is 20.3. The van der Waals surface area contributed by atoms with Gasteiger partial charge in [-0.2, -0.15) is 0 Å². The molecule has 0 bridgehead atoms. The summed E-state index contributed by atoms with van der Waals surface area (Å²) in [5, 5.41) is 0.376. The molecule has 9 heteroatoms. The first-order valence-electron chi connectivity index (χ1n) is 10.4. The SMILES string of the molecule is CCOC(=O)c1cccc(Sc2c(C)n(CC(=O)OCC(C)C)c3c(F)c(Cl)ccc23)c1F. The van der Waals surface area contributed by atoms with Crippen LogP contribution in [-0.2, 0) is 20.8 Å². The van der Waals surface area contributed by atoms with Crippen LogP contribution >= 0.6 is 23.4 Å². The lowest BCUT2D eigenvalue weighted by Crippen LogP contribution is -2.17. The molecule has 2 aromatic carbocycles. The van der Waals surface area contributed by atoms with Crippen molar-refractivity contribution in [3.8, 4) is 0 Å². The highest BCUT2D eigenvalue weighted by atomic mass is 35.5. The Morgan fingerprint density at radius 1 is 1.12 bits per heavy atom. The number of halogens is 3. The van der Waals surface area contributed by atoms with Crippen molar-refractivity contribution >= 4 is 46.2 Å². The maximum atomic E-state index is 15.1. The molecule has 0 N–H and O–H groups in total. The first-order chi connectivity index (χ1) is 15.6. The van der Waals surface area contributed by atoms with Gasteiger partial charge in [-0.15, -0.1) is 0 Å². The van der Waals surface area contributed by atoms with Gasteiger partial charge < -0.3 is 14.0 Å². The van der Waals surface area contributed by atoms with E-state index in [4.69, 9.17) is 21.1 Å². The molecule has 0 atom stereocenters. The van der Waals surface area contributed by atoms with Crippen LogP contribution in [0.4, 0.5) is 8.78 Å². The van der Waals surface area contributed by atoms with Gasteiger partial charge in [0.05, 0.1) is 29.3 Å². The van der Waals surface area contributed by atoms with Crippen molar-refractivity contribution in [2.45, 2.75) is 44.0 Å². The van der Waals surface area contributed by atoms with E-state index in [9.17, 15) is 9.59 Å². The van der Waals surface area contributed by atoms with E-state index in [2.05, 4.69) is 0 Å². The summed E-state index contributed by atoms with van der Waals surface area (Å²) in [4.78, 5) is 25.2. The fourth-order valence-corrected chi connectivity index (χ4v) is 4.55. The highest BCUT2D eigenvalue weighted by Crippen LogP contribution is 2.41. The van der Waals surface area contributed by atoms with Crippen LogP contribution in [0.1, 0.15) is 36.8 Å². The summed E-state index contributed by atoms with van der Waals surface area (Å²) >= 11 is 7.04. The molecule has 0 spiro atoms. The van der Waals surface area contributed by atoms with E-state index < -0.39 is 23.6 Å². The lowest BCUT2D eigenvalue weighted by atomic mass is 10.2. The van der Waals surface area contributed by atoms with Crippen LogP contribution in [0.3, 0.4) is 0 Å². The minimum atomic E-state index is -0.762. The molecule has 33 heavy (non-hydrogen) atoms. The van der Waals surface area contributed by atoms with Crippen LogP contribution in [0.25, 0.3) is 10.9 Å². The third-order valence-electron chi connectivity index (χ3n) is 4.85. The number of carbonyl (C=O) groups is 2. The minimum Gasteiger partial charge on any atom is -0.464 e. The summed E-state index contributed by atoms with van der Waals surface area (Å²) in [7, 11) is 0. The van der Waals surface area contributed by atoms with Crippen molar-refractivity contribution in [3.05, 3.63) is 58.2 Å². The van der Waals surface area contributed by atoms with Gasteiger partial charge in [0.15, 0.2) is 11.6 Å². The minimum absolute atomic E-state index is 0.0937. The third kappa shape index (κ3) is 5.33. The van der Waals surface area contributed by atoms with Gasteiger partial charge in [0, 0.05) is 20.9 Å². The number of fused-ring (bicyclic) bond motifs is 1. The van der Waals surface area contributed by atoms with Crippen molar-refractivity contribution < 1.29 is 27.8 Å². The number of hydrogen-bond acceptors (Lipinski definition) is 5. The van der Waals surface area contributed by atoms with Crippen LogP contribution in [0, 0.1) is 24.5 Å². The van der Waals surface area contributed by atoms with E-state index in [0.717, 1.165) is 11.8 Å². The number of nitrogens with zero attached hydrogens (tertiary/aromatic N) is 1. The number of hydrogen-bond donors (Lipinski definition) is 0. The van der Waals surface area contributed by atoms with Crippen LogP contribution in [0.2, 0.25) is 5.02 Å². The summed E-state index contributed by atoms with van der Waals surface area (Å²) < 4.78 is 41.8. The van der Waals surface area contributed by atoms with Gasteiger partial charge in [0.1, 0.15) is 6.54 Å². The number of rotatable bonds is 8. The number of benzene rings is 2. The fourth-order valence-electron chi connectivity index (χ4n) is 3.30. The van der Waals surface area contributed by atoms with Crippen molar-refractivity contribution in [2.24, 2.45) is 5.92 Å². The van der Waals surface area contributed by atoms with Gasteiger partial charge in [-0.05, 0) is 44.0 Å². The van der Waals surface area contributed by atoms with Crippen LogP contribution in [0.15, 0.2) is 40.1 Å². The van der Waals surface area contributed by atoms with Gasteiger partial charge in [-0.1, -0.05) is 43.3 Å². The first kappa shape index (κ1) is 25.1. The van der Waals surface area contributed by atoms with Crippen LogP contribution in [-0.4, -0.2) is 29.7 Å². The molecule has 176 valence electrons. The number of ether oxygens (including phenoxy) is 2. The number of carbonyl (C=O) groups excluding carboxylic acids is 2. The molecule has 0 aliphatic carbocycles. The van der Waals surface area contributed by atoms with Gasteiger partial charge >= 0.3 is 11.9 Å². The molecule has 0 radical (unpaired) electrons. The Balaban J connectivity index is 2.07. The molecule has 0 saturated heterocycles. The Kier molecular flexibility index (Phi) is 8.02. The zero-order chi connectivity index (χ0) is 24.3. The van der Waals surface area contributed by atoms with Gasteiger partial charge in [-0.3, -0.25) is 4.79 Å². The molecule has 3 rings (SSSR count). The van der Waals surface area contributed by atoms with Crippen molar-refractivity contribution in [1.29, 1.82) is 0 Å². The van der Waals surface area contributed by atoms with Crippen LogP contribution in [0.5, 0.6) is 0 Å².